The summed E-state index contributed by atoms with van der Waals surface area (Å²) in [6.45, 7) is 0. The second-order valence-electron chi connectivity index (χ2n) is 13.3. The third-order valence-corrected chi connectivity index (χ3v) is 12.7. The van der Waals surface area contributed by atoms with E-state index >= 15 is 0 Å². The Hall–Kier alpha value is -6.20. The highest BCUT2D eigenvalue weighted by Gasteiger charge is 2.18. The first-order valence-electron chi connectivity index (χ1n) is 17.5. The first-order chi connectivity index (χ1) is 25.8. The fourth-order valence-electron chi connectivity index (χ4n) is 7.87. The van der Waals surface area contributed by atoms with Gasteiger partial charge in [-0.05, 0) is 82.9 Å². The number of fused-ring (bicyclic) bond motifs is 9. The monoisotopic (exact) mass is 699 g/mol. The maximum atomic E-state index is 6.38. The van der Waals surface area contributed by atoms with Gasteiger partial charge in [0.1, 0.15) is 11.2 Å². The third-order valence-electron chi connectivity index (χ3n) is 10.3. The van der Waals surface area contributed by atoms with Gasteiger partial charge < -0.3 is 9.32 Å². The zero-order valence-electron chi connectivity index (χ0n) is 27.9. The summed E-state index contributed by atoms with van der Waals surface area (Å²) in [6, 6.07) is 63.6. The quantitative estimate of drug-likeness (QED) is 0.178. The van der Waals surface area contributed by atoms with Crippen LogP contribution in [0.15, 0.2) is 180 Å². The number of thiophene rings is 2. The minimum atomic E-state index is 0.879. The van der Waals surface area contributed by atoms with Gasteiger partial charge in [-0.15, -0.1) is 22.7 Å². The highest BCUT2D eigenvalue weighted by atomic mass is 32.1. The Morgan fingerprint density at radius 1 is 0.365 bits per heavy atom. The molecule has 0 aliphatic carbocycles. The van der Waals surface area contributed by atoms with Crippen LogP contribution in [0.3, 0.4) is 0 Å². The molecule has 0 aliphatic heterocycles. The Kier molecular flexibility index (Phi) is 6.63. The zero-order valence-corrected chi connectivity index (χ0v) is 29.5. The summed E-state index contributed by atoms with van der Waals surface area (Å²) in [5.41, 5.74) is 9.94. The Morgan fingerprint density at radius 3 is 1.71 bits per heavy atom. The van der Waals surface area contributed by atoms with Gasteiger partial charge in [-0.1, -0.05) is 109 Å². The van der Waals surface area contributed by atoms with E-state index in [0.29, 0.717) is 0 Å². The van der Waals surface area contributed by atoms with Gasteiger partial charge >= 0.3 is 0 Å². The predicted octanol–water partition coefficient (Wildman–Crippen LogP) is 15.1. The number of furan rings is 1. The van der Waals surface area contributed by atoms with E-state index in [4.69, 9.17) is 4.42 Å². The molecule has 11 aromatic rings. The molecule has 8 aromatic carbocycles. The molecular formula is C48H29NOS2. The SMILES string of the molecule is c1ccc2c(c1)oc1cc(N(c3ccc(-c4cccc5c4sc4ccccc45)cc3)c3ccc(-c4cccc5sc6ccccc6c45)cc3)ccc12. The molecule has 0 fully saturated rings. The van der Waals surface area contributed by atoms with E-state index in [1.807, 2.05) is 34.8 Å². The van der Waals surface area contributed by atoms with Gasteiger partial charge in [-0.2, -0.15) is 0 Å². The fourth-order valence-corrected chi connectivity index (χ4v) is 10.2. The molecule has 3 heterocycles. The number of nitrogens with zero attached hydrogens (tertiary/aromatic N) is 1. The first kappa shape index (κ1) is 29.5. The average Bonchev–Trinajstić information content (AvgIpc) is 3.90. The molecule has 0 spiro atoms. The summed E-state index contributed by atoms with van der Waals surface area (Å²) in [5, 5.41) is 7.53. The van der Waals surface area contributed by atoms with Crippen LogP contribution in [0.25, 0.3) is 84.5 Å². The Labute approximate surface area is 308 Å². The minimum absolute atomic E-state index is 0.879. The topological polar surface area (TPSA) is 16.4 Å². The molecular weight excluding hydrogens is 671 g/mol. The largest absolute Gasteiger partial charge is 0.456 e. The van der Waals surface area contributed by atoms with Crippen molar-refractivity contribution in [3.63, 3.8) is 0 Å². The summed E-state index contributed by atoms with van der Waals surface area (Å²) in [7, 11) is 0. The maximum absolute atomic E-state index is 6.38. The molecule has 0 atom stereocenters. The molecule has 244 valence electrons. The number of rotatable bonds is 5. The van der Waals surface area contributed by atoms with E-state index in [2.05, 4.69) is 169 Å². The molecule has 0 unspecified atom stereocenters. The molecule has 0 radical (unpaired) electrons. The summed E-state index contributed by atoms with van der Waals surface area (Å²) in [4.78, 5) is 2.33. The summed E-state index contributed by atoms with van der Waals surface area (Å²) >= 11 is 3.73. The summed E-state index contributed by atoms with van der Waals surface area (Å²) in [5.74, 6) is 0. The van der Waals surface area contributed by atoms with Crippen molar-refractivity contribution in [2.45, 2.75) is 0 Å². The van der Waals surface area contributed by atoms with Crippen LogP contribution >= 0.6 is 22.7 Å². The number of hydrogen-bond donors (Lipinski definition) is 0. The van der Waals surface area contributed by atoms with E-state index in [1.54, 1.807) is 0 Å². The van der Waals surface area contributed by atoms with E-state index in [1.165, 1.54) is 62.6 Å². The number of benzene rings is 8. The van der Waals surface area contributed by atoms with Crippen molar-refractivity contribution in [1.29, 1.82) is 0 Å². The highest BCUT2D eigenvalue weighted by Crippen LogP contribution is 2.44. The lowest BCUT2D eigenvalue weighted by Crippen LogP contribution is -2.09. The van der Waals surface area contributed by atoms with E-state index in [-0.39, 0.29) is 0 Å². The Bertz CT molecular complexity index is 3130. The molecule has 0 aliphatic rings. The molecule has 0 N–H and O–H groups in total. The highest BCUT2D eigenvalue weighted by molar-refractivity contribution is 7.26. The van der Waals surface area contributed by atoms with Crippen LogP contribution in [0.4, 0.5) is 17.1 Å². The normalized spacial score (nSPS) is 11.8. The molecule has 0 bridgehead atoms. The maximum Gasteiger partial charge on any atom is 0.137 e. The van der Waals surface area contributed by atoms with Crippen molar-refractivity contribution >= 4 is 102 Å². The Balaban J connectivity index is 1.04. The fraction of sp³-hybridized carbons (Fsp3) is 0. The number of hydrogen-bond acceptors (Lipinski definition) is 4. The van der Waals surface area contributed by atoms with Gasteiger partial charge in [0.15, 0.2) is 0 Å². The molecule has 11 rings (SSSR count). The molecule has 2 nitrogen and oxygen atoms in total. The van der Waals surface area contributed by atoms with E-state index in [0.717, 1.165) is 39.0 Å². The molecule has 0 amide bonds. The van der Waals surface area contributed by atoms with Crippen molar-refractivity contribution in [2.24, 2.45) is 0 Å². The second-order valence-corrected chi connectivity index (χ2v) is 15.4. The lowest BCUT2D eigenvalue weighted by molar-refractivity contribution is 0.669. The van der Waals surface area contributed by atoms with Crippen LogP contribution in [0.5, 0.6) is 0 Å². The van der Waals surface area contributed by atoms with Crippen molar-refractivity contribution in [1.82, 2.24) is 0 Å². The van der Waals surface area contributed by atoms with Gasteiger partial charge in [-0.3, -0.25) is 0 Å². The smallest absolute Gasteiger partial charge is 0.137 e. The lowest BCUT2D eigenvalue weighted by atomic mass is 9.99. The number of para-hydroxylation sites is 1. The zero-order chi connectivity index (χ0) is 34.2. The predicted molar refractivity (Wildman–Crippen MR) is 225 cm³/mol. The van der Waals surface area contributed by atoms with Crippen LogP contribution in [0, 0.1) is 0 Å². The van der Waals surface area contributed by atoms with Crippen molar-refractivity contribution in [3.8, 4) is 22.3 Å². The summed E-state index contributed by atoms with van der Waals surface area (Å²) in [6.07, 6.45) is 0. The van der Waals surface area contributed by atoms with E-state index < -0.39 is 0 Å². The first-order valence-corrected chi connectivity index (χ1v) is 19.1. The van der Waals surface area contributed by atoms with Crippen LogP contribution in [-0.2, 0) is 0 Å². The van der Waals surface area contributed by atoms with Crippen LogP contribution < -0.4 is 4.90 Å². The van der Waals surface area contributed by atoms with Gasteiger partial charge in [-0.25, -0.2) is 0 Å². The Morgan fingerprint density at radius 2 is 0.923 bits per heavy atom. The summed E-state index contributed by atoms with van der Waals surface area (Å²) < 4.78 is 11.7. The van der Waals surface area contributed by atoms with Crippen molar-refractivity contribution in [3.05, 3.63) is 176 Å². The lowest BCUT2D eigenvalue weighted by Gasteiger charge is -2.26. The van der Waals surface area contributed by atoms with Crippen molar-refractivity contribution < 1.29 is 4.42 Å². The molecule has 0 saturated carbocycles. The van der Waals surface area contributed by atoms with Crippen LogP contribution in [0.1, 0.15) is 0 Å². The molecule has 52 heavy (non-hydrogen) atoms. The molecule has 0 saturated heterocycles. The molecule has 4 heteroatoms. The van der Waals surface area contributed by atoms with Crippen molar-refractivity contribution in [2.75, 3.05) is 4.90 Å². The van der Waals surface area contributed by atoms with Crippen LogP contribution in [-0.4, -0.2) is 0 Å². The van der Waals surface area contributed by atoms with Gasteiger partial charge in [0, 0.05) is 74.2 Å². The average molecular weight is 700 g/mol. The van der Waals surface area contributed by atoms with Gasteiger partial charge in [0.25, 0.3) is 0 Å². The van der Waals surface area contributed by atoms with Crippen LogP contribution in [0.2, 0.25) is 0 Å². The second kappa shape index (κ2) is 11.7. The third kappa shape index (κ3) is 4.62. The van der Waals surface area contributed by atoms with Gasteiger partial charge in [0.05, 0.1) is 0 Å². The minimum Gasteiger partial charge on any atom is -0.456 e. The standard InChI is InChI=1S/C48H29NOS2/c1-4-15-42-37(9-1)38-28-27-34(29-43(38)50-42)49(32-23-19-30(20-24-32)35-12-8-18-46-47(35)41-11-3-6-17-45(41)51-46)33-25-21-31(22-26-33)36-13-7-14-40-39-10-2-5-16-44(39)52-48(36)40/h1-29H. The van der Waals surface area contributed by atoms with Gasteiger partial charge in [0.2, 0.25) is 0 Å². The molecule has 3 aromatic heterocycles. The number of anilines is 3. The van der Waals surface area contributed by atoms with E-state index in [9.17, 15) is 0 Å².